The lowest BCUT2D eigenvalue weighted by molar-refractivity contribution is 0.0240. The molecule has 7 nitrogen and oxygen atoms in total. The van der Waals surface area contributed by atoms with Gasteiger partial charge >= 0.3 is 6.09 Å². The van der Waals surface area contributed by atoms with Crippen LogP contribution in [0.2, 0.25) is 5.02 Å². The van der Waals surface area contributed by atoms with Crippen LogP contribution in [0.25, 0.3) is 0 Å². The van der Waals surface area contributed by atoms with E-state index >= 15 is 0 Å². The van der Waals surface area contributed by atoms with Crippen molar-refractivity contribution in [3.63, 3.8) is 0 Å². The van der Waals surface area contributed by atoms with Crippen LogP contribution in [0.15, 0.2) is 36.5 Å². The molecule has 0 spiro atoms. The molecule has 2 aromatic rings. The SMILES string of the molecule is CC(C)(C)OC(=O)N1CCN(c2nccc(NCc3cccc(Cl)c3)n2)CC1. The van der Waals surface area contributed by atoms with Gasteiger partial charge in [0.15, 0.2) is 0 Å². The number of nitrogens with one attached hydrogen (secondary N) is 1. The molecule has 1 saturated heterocycles. The molecule has 1 aliphatic heterocycles. The molecule has 1 aromatic carbocycles. The molecule has 1 amide bonds. The fourth-order valence-corrected chi connectivity index (χ4v) is 3.07. The maximum absolute atomic E-state index is 12.2. The van der Waals surface area contributed by atoms with Gasteiger partial charge in [0.25, 0.3) is 0 Å². The van der Waals surface area contributed by atoms with Gasteiger partial charge in [-0.15, -0.1) is 0 Å². The second-order valence-electron chi connectivity index (χ2n) is 7.68. The van der Waals surface area contributed by atoms with Crippen molar-refractivity contribution in [2.75, 3.05) is 36.4 Å². The van der Waals surface area contributed by atoms with Crippen LogP contribution in [-0.2, 0) is 11.3 Å². The number of benzene rings is 1. The summed E-state index contributed by atoms with van der Waals surface area (Å²) in [4.78, 5) is 25.0. The molecule has 1 aromatic heterocycles. The Balaban J connectivity index is 1.55. The minimum absolute atomic E-state index is 0.273. The molecule has 0 atom stereocenters. The van der Waals surface area contributed by atoms with E-state index in [1.807, 2.05) is 51.1 Å². The van der Waals surface area contributed by atoms with Crippen LogP contribution in [0.5, 0.6) is 0 Å². The Morgan fingerprint density at radius 1 is 1.21 bits per heavy atom. The van der Waals surface area contributed by atoms with Crippen LogP contribution in [-0.4, -0.2) is 52.7 Å². The summed E-state index contributed by atoms with van der Waals surface area (Å²) < 4.78 is 5.44. The highest BCUT2D eigenvalue weighted by Crippen LogP contribution is 2.17. The highest BCUT2D eigenvalue weighted by Gasteiger charge is 2.26. The standard InChI is InChI=1S/C20H26ClN5O2/c1-20(2,3)28-19(27)26-11-9-25(10-12-26)18-22-8-7-17(24-18)23-14-15-5-4-6-16(21)13-15/h4-8,13H,9-12,14H2,1-3H3,(H,22,23,24). The van der Waals surface area contributed by atoms with Crippen molar-refractivity contribution in [3.8, 4) is 0 Å². The third-order valence-corrected chi connectivity index (χ3v) is 4.45. The third-order valence-electron chi connectivity index (χ3n) is 4.22. The predicted octanol–water partition coefficient (Wildman–Crippen LogP) is 3.80. The fourth-order valence-electron chi connectivity index (χ4n) is 2.85. The summed E-state index contributed by atoms with van der Waals surface area (Å²) in [6, 6.07) is 9.55. The summed E-state index contributed by atoms with van der Waals surface area (Å²) in [6.45, 7) is 8.74. The van der Waals surface area contributed by atoms with Gasteiger partial charge in [-0.2, -0.15) is 4.98 Å². The third kappa shape index (κ3) is 5.73. The Hall–Kier alpha value is -2.54. The monoisotopic (exact) mass is 403 g/mol. The molecule has 150 valence electrons. The molecule has 0 bridgehead atoms. The first-order chi connectivity index (χ1) is 13.3. The molecule has 0 aliphatic carbocycles. The molecule has 0 saturated carbocycles. The van der Waals surface area contributed by atoms with Crippen LogP contribution in [0.4, 0.5) is 16.6 Å². The summed E-state index contributed by atoms with van der Waals surface area (Å²) in [5, 5.41) is 4.01. The highest BCUT2D eigenvalue weighted by molar-refractivity contribution is 6.30. The largest absolute Gasteiger partial charge is 0.444 e. The molecule has 0 unspecified atom stereocenters. The van der Waals surface area contributed by atoms with E-state index in [1.165, 1.54) is 0 Å². The molecule has 0 radical (unpaired) electrons. The van der Waals surface area contributed by atoms with E-state index in [2.05, 4.69) is 20.2 Å². The Kier molecular flexibility index (Phi) is 6.24. The van der Waals surface area contributed by atoms with Crippen molar-refractivity contribution in [1.29, 1.82) is 0 Å². The zero-order valence-electron chi connectivity index (χ0n) is 16.5. The molecular formula is C20H26ClN5O2. The average molecular weight is 404 g/mol. The van der Waals surface area contributed by atoms with Gasteiger partial charge in [0.05, 0.1) is 0 Å². The van der Waals surface area contributed by atoms with Crippen molar-refractivity contribution in [3.05, 3.63) is 47.1 Å². The second-order valence-corrected chi connectivity index (χ2v) is 8.12. The number of carbonyl (C=O) groups excluding carboxylic acids is 1. The first kappa shape index (κ1) is 20.2. The van der Waals surface area contributed by atoms with E-state index < -0.39 is 5.60 Å². The zero-order chi connectivity index (χ0) is 20.1. The number of halogens is 1. The van der Waals surface area contributed by atoms with Gasteiger partial charge in [0, 0.05) is 43.9 Å². The fraction of sp³-hybridized carbons (Fsp3) is 0.450. The van der Waals surface area contributed by atoms with Gasteiger partial charge in [-0.05, 0) is 44.5 Å². The Bertz CT molecular complexity index is 816. The van der Waals surface area contributed by atoms with Crippen molar-refractivity contribution in [2.45, 2.75) is 32.9 Å². The van der Waals surface area contributed by atoms with Gasteiger partial charge < -0.3 is 19.9 Å². The molecule has 2 heterocycles. The molecule has 1 fully saturated rings. The van der Waals surface area contributed by atoms with E-state index in [9.17, 15) is 4.79 Å². The van der Waals surface area contributed by atoms with E-state index in [-0.39, 0.29) is 6.09 Å². The van der Waals surface area contributed by atoms with E-state index in [0.717, 1.165) is 11.4 Å². The zero-order valence-corrected chi connectivity index (χ0v) is 17.2. The molecule has 28 heavy (non-hydrogen) atoms. The van der Waals surface area contributed by atoms with Crippen molar-refractivity contribution < 1.29 is 9.53 Å². The maximum atomic E-state index is 12.2. The normalized spacial score (nSPS) is 14.7. The van der Waals surface area contributed by atoms with Crippen molar-refractivity contribution in [2.24, 2.45) is 0 Å². The second kappa shape index (κ2) is 8.65. The molecule has 3 rings (SSSR count). The highest BCUT2D eigenvalue weighted by atomic mass is 35.5. The quantitative estimate of drug-likeness (QED) is 0.837. The Labute approximate surface area is 170 Å². The van der Waals surface area contributed by atoms with Crippen LogP contribution in [0.1, 0.15) is 26.3 Å². The molecular weight excluding hydrogens is 378 g/mol. The lowest BCUT2D eigenvalue weighted by Gasteiger charge is -2.35. The van der Waals surface area contributed by atoms with Crippen LogP contribution in [0, 0.1) is 0 Å². The maximum Gasteiger partial charge on any atom is 0.410 e. The number of nitrogens with zero attached hydrogens (tertiary/aromatic N) is 4. The number of aromatic nitrogens is 2. The predicted molar refractivity (Wildman–Crippen MR) is 111 cm³/mol. The first-order valence-corrected chi connectivity index (χ1v) is 9.72. The van der Waals surface area contributed by atoms with Gasteiger partial charge in [0.2, 0.25) is 5.95 Å². The average Bonchev–Trinajstić information content (AvgIpc) is 2.65. The molecule has 8 heteroatoms. The topological polar surface area (TPSA) is 70.6 Å². The number of hydrogen-bond donors (Lipinski definition) is 1. The van der Waals surface area contributed by atoms with Crippen molar-refractivity contribution in [1.82, 2.24) is 14.9 Å². The number of amides is 1. The van der Waals surface area contributed by atoms with E-state index in [1.54, 1.807) is 11.1 Å². The Morgan fingerprint density at radius 3 is 2.64 bits per heavy atom. The number of hydrogen-bond acceptors (Lipinski definition) is 6. The summed E-state index contributed by atoms with van der Waals surface area (Å²) in [6.07, 6.45) is 1.47. The number of rotatable bonds is 4. The van der Waals surface area contributed by atoms with Gasteiger partial charge in [0.1, 0.15) is 11.4 Å². The van der Waals surface area contributed by atoms with Crippen molar-refractivity contribution >= 4 is 29.5 Å². The van der Waals surface area contributed by atoms with E-state index in [4.69, 9.17) is 16.3 Å². The van der Waals surface area contributed by atoms with Gasteiger partial charge in [-0.25, -0.2) is 9.78 Å². The van der Waals surface area contributed by atoms with Crippen LogP contribution >= 0.6 is 11.6 Å². The summed E-state index contributed by atoms with van der Waals surface area (Å²) in [7, 11) is 0. The number of anilines is 2. The lowest BCUT2D eigenvalue weighted by atomic mass is 10.2. The molecule has 1 aliphatic rings. The minimum atomic E-state index is -0.486. The number of piperazine rings is 1. The van der Waals surface area contributed by atoms with Gasteiger partial charge in [-0.3, -0.25) is 0 Å². The minimum Gasteiger partial charge on any atom is -0.444 e. The first-order valence-electron chi connectivity index (χ1n) is 9.34. The van der Waals surface area contributed by atoms with Gasteiger partial charge in [-0.1, -0.05) is 23.7 Å². The number of ether oxygens (including phenoxy) is 1. The summed E-state index contributed by atoms with van der Waals surface area (Å²) >= 11 is 6.03. The lowest BCUT2D eigenvalue weighted by Crippen LogP contribution is -2.50. The Morgan fingerprint density at radius 2 is 1.96 bits per heavy atom. The van der Waals surface area contributed by atoms with Crippen LogP contribution < -0.4 is 10.2 Å². The van der Waals surface area contributed by atoms with Crippen LogP contribution in [0.3, 0.4) is 0 Å². The van der Waals surface area contributed by atoms with E-state index in [0.29, 0.717) is 43.7 Å². The summed E-state index contributed by atoms with van der Waals surface area (Å²) in [5.74, 6) is 1.40. The number of carbonyl (C=O) groups is 1. The smallest absolute Gasteiger partial charge is 0.410 e. The summed E-state index contributed by atoms with van der Waals surface area (Å²) in [5.41, 5.74) is 0.596. The molecule has 1 N–H and O–H groups in total.